The van der Waals surface area contributed by atoms with Gasteiger partial charge in [0.2, 0.25) is 0 Å². The summed E-state index contributed by atoms with van der Waals surface area (Å²) in [4.78, 5) is 27.0. The van der Waals surface area contributed by atoms with Crippen molar-refractivity contribution in [2.24, 2.45) is 23.2 Å². The lowest BCUT2D eigenvalue weighted by atomic mass is 9.49. The van der Waals surface area contributed by atoms with Gasteiger partial charge < -0.3 is 14.4 Å². The normalized spacial score (nSPS) is 30.1. The van der Waals surface area contributed by atoms with Crippen molar-refractivity contribution < 1.29 is 19.1 Å². The summed E-state index contributed by atoms with van der Waals surface area (Å²) in [5.41, 5.74) is 0.717. The van der Waals surface area contributed by atoms with Gasteiger partial charge >= 0.3 is 5.97 Å². The van der Waals surface area contributed by atoms with Crippen LogP contribution in [0.15, 0.2) is 24.3 Å². The molecule has 0 aromatic heterocycles. The topological polar surface area (TPSA) is 55.8 Å². The Kier molecular flexibility index (Phi) is 5.35. The minimum Gasteiger partial charge on any atom is -0.494 e. The Morgan fingerprint density at radius 1 is 1.04 bits per heavy atom. The van der Waals surface area contributed by atoms with Crippen LogP contribution in [0.1, 0.15) is 51.0 Å². The Bertz CT molecular complexity index is 691. The second kappa shape index (κ2) is 7.76. The molecular formula is C23H31NO4. The smallest absolute Gasteiger partial charge is 0.312 e. The number of carbonyl (C=O) groups is 2. The fourth-order valence-electron chi connectivity index (χ4n) is 5.97. The highest BCUT2D eigenvalue weighted by Crippen LogP contribution is 2.60. The highest BCUT2D eigenvalue weighted by Gasteiger charge is 2.55. The second-order valence-electron chi connectivity index (χ2n) is 9.10. The average Bonchev–Trinajstić information content (AvgIpc) is 2.66. The lowest BCUT2D eigenvalue weighted by Gasteiger charge is -2.55. The molecule has 0 aliphatic heterocycles. The molecule has 0 spiro atoms. The molecule has 0 saturated heterocycles. The molecule has 4 aliphatic carbocycles. The van der Waals surface area contributed by atoms with Crippen LogP contribution in [-0.2, 0) is 20.9 Å². The molecule has 0 heterocycles. The predicted molar refractivity (Wildman–Crippen MR) is 106 cm³/mol. The summed E-state index contributed by atoms with van der Waals surface area (Å²) in [6, 6.07) is 7.72. The van der Waals surface area contributed by atoms with E-state index in [4.69, 9.17) is 9.47 Å². The molecule has 1 aromatic carbocycles. The third kappa shape index (κ3) is 3.89. The molecule has 4 aliphatic rings. The van der Waals surface area contributed by atoms with Crippen LogP contribution < -0.4 is 4.74 Å². The highest BCUT2D eigenvalue weighted by molar-refractivity contribution is 5.83. The molecular weight excluding hydrogens is 354 g/mol. The zero-order chi connectivity index (χ0) is 19.7. The Labute approximate surface area is 167 Å². The Morgan fingerprint density at radius 2 is 1.61 bits per heavy atom. The van der Waals surface area contributed by atoms with Crippen LogP contribution in [-0.4, -0.2) is 37.0 Å². The molecule has 5 heteroatoms. The molecule has 0 atom stereocenters. The third-order valence-corrected chi connectivity index (χ3v) is 6.88. The molecule has 28 heavy (non-hydrogen) atoms. The van der Waals surface area contributed by atoms with Crippen LogP contribution in [0, 0.1) is 23.2 Å². The number of rotatable bonds is 7. The molecule has 4 bridgehead atoms. The van der Waals surface area contributed by atoms with Crippen molar-refractivity contribution >= 4 is 11.9 Å². The van der Waals surface area contributed by atoms with Gasteiger partial charge in [-0.15, -0.1) is 0 Å². The van der Waals surface area contributed by atoms with Crippen molar-refractivity contribution in [2.75, 3.05) is 20.3 Å². The largest absolute Gasteiger partial charge is 0.494 e. The monoisotopic (exact) mass is 385 g/mol. The maximum absolute atomic E-state index is 12.9. The molecule has 0 N–H and O–H groups in total. The molecule has 1 amide bonds. The predicted octanol–water partition coefficient (Wildman–Crippen LogP) is 3.80. The number of ether oxygens (including phenoxy) is 2. The van der Waals surface area contributed by atoms with Crippen molar-refractivity contribution in [3.05, 3.63) is 29.8 Å². The van der Waals surface area contributed by atoms with Gasteiger partial charge in [0.1, 0.15) is 5.75 Å². The van der Waals surface area contributed by atoms with Crippen LogP contribution in [0.3, 0.4) is 0 Å². The van der Waals surface area contributed by atoms with Gasteiger partial charge in [-0.3, -0.25) is 9.59 Å². The van der Waals surface area contributed by atoms with E-state index in [0.717, 1.165) is 30.6 Å². The van der Waals surface area contributed by atoms with Crippen molar-refractivity contribution in [1.82, 2.24) is 4.90 Å². The summed E-state index contributed by atoms with van der Waals surface area (Å²) in [6.45, 7) is 2.91. The third-order valence-electron chi connectivity index (χ3n) is 6.88. The number of esters is 1. The Balaban J connectivity index is 1.28. The summed E-state index contributed by atoms with van der Waals surface area (Å²) in [5, 5.41) is 0. The van der Waals surface area contributed by atoms with Crippen LogP contribution >= 0.6 is 0 Å². The van der Waals surface area contributed by atoms with E-state index in [0.29, 0.717) is 30.9 Å². The summed E-state index contributed by atoms with van der Waals surface area (Å²) in [7, 11) is 1.75. The lowest BCUT2D eigenvalue weighted by molar-refractivity contribution is -0.174. The van der Waals surface area contributed by atoms with Crippen molar-refractivity contribution in [3.63, 3.8) is 0 Å². The number of likely N-dealkylation sites (N-methyl/N-ethyl adjacent to an activating group) is 1. The molecule has 152 valence electrons. The van der Waals surface area contributed by atoms with Crippen LogP contribution in [0.4, 0.5) is 0 Å². The summed E-state index contributed by atoms with van der Waals surface area (Å²) in [5.74, 6) is 2.61. The minimum atomic E-state index is -0.303. The van der Waals surface area contributed by atoms with Crippen LogP contribution in [0.25, 0.3) is 0 Å². The number of hydrogen-bond donors (Lipinski definition) is 0. The second-order valence-corrected chi connectivity index (χ2v) is 9.10. The van der Waals surface area contributed by atoms with Gasteiger partial charge in [0.15, 0.2) is 6.61 Å². The van der Waals surface area contributed by atoms with Crippen molar-refractivity contribution in [2.45, 2.75) is 52.0 Å². The van der Waals surface area contributed by atoms with E-state index in [-0.39, 0.29) is 23.9 Å². The van der Waals surface area contributed by atoms with Gasteiger partial charge in [-0.05, 0) is 80.9 Å². The highest BCUT2D eigenvalue weighted by atomic mass is 16.5. The maximum Gasteiger partial charge on any atom is 0.312 e. The van der Waals surface area contributed by atoms with Gasteiger partial charge in [-0.2, -0.15) is 0 Å². The SMILES string of the molecule is CCOc1ccc(CN(C)C(=O)COC(=O)C23CC4CC(CC(C4)C2)C3)cc1. The number of amides is 1. The van der Waals surface area contributed by atoms with E-state index in [1.54, 1.807) is 11.9 Å². The van der Waals surface area contributed by atoms with E-state index in [1.807, 2.05) is 31.2 Å². The first-order valence-corrected chi connectivity index (χ1v) is 10.6. The quantitative estimate of drug-likeness (QED) is 0.670. The molecule has 4 saturated carbocycles. The van der Waals surface area contributed by atoms with E-state index < -0.39 is 0 Å². The Hall–Kier alpha value is -2.04. The van der Waals surface area contributed by atoms with E-state index in [1.165, 1.54) is 19.3 Å². The minimum absolute atomic E-state index is 0.130. The maximum atomic E-state index is 12.9. The van der Waals surface area contributed by atoms with Gasteiger partial charge in [0.05, 0.1) is 12.0 Å². The van der Waals surface area contributed by atoms with Gasteiger partial charge in [0.25, 0.3) is 5.91 Å². The molecule has 4 fully saturated rings. The molecule has 0 radical (unpaired) electrons. The number of benzene rings is 1. The summed E-state index contributed by atoms with van der Waals surface area (Å²) < 4.78 is 11.0. The van der Waals surface area contributed by atoms with E-state index in [2.05, 4.69) is 0 Å². The summed E-state index contributed by atoms with van der Waals surface area (Å²) >= 11 is 0. The zero-order valence-corrected chi connectivity index (χ0v) is 17.0. The number of hydrogen-bond acceptors (Lipinski definition) is 4. The van der Waals surface area contributed by atoms with Crippen LogP contribution in [0.5, 0.6) is 5.75 Å². The first-order chi connectivity index (χ1) is 13.5. The van der Waals surface area contributed by atoms with E-state index in [9.17, 15) is 9.59 Å². The Morgan fingerprint density at radius 3 is 2.14 bits per heavy atom. The number of nitrogens with zero attached hydrogens (tertiary/aromatic N) is 1. The fourth-order valence-corrected chi connectivity index (χ4v) is 5.97. The first-order valence-electron chi connectivity index (χ1n) is 10.6. The van der Waals surface area contributed by atoms with Gasteiger partial charge in [0, 0.05) is 13.6 Å². The fraction of sp³-hybridized carbons (Fsp3) is 0.652. The van der Waals surface area contributed by atoms with Crippen LogP contribution in [0.2, 0.25) is 0 Å². The van der Waals surface area contributed by atoms with Crippen molar-refractivity contribution in [3.8, 4) is 5.75 Å². The lowest BCUT2D eigenvalue weighted by Crippen LogP contribution is -2.51. The molecule has 5 nitrogen and oxygen atoms in total. The first kappa shape index (κ1) is 19.3. The zero-order valence-electron chi connectivity index (χ0n) is 17.0. The van der Waals surface area contributed by atoms with Gasteiger partial charge in [-0.1, -0.05) is 12.1 Å². The summed E-state index contributed by atoms with van der Waals surface area (Å²) in [6.07, 6.45) is 6.76. The van der Waals surface area contributed by atoms with Crippen molar-refractivity contribution in [1.29, 1.82) is 0 Å². The standard InChI is InChI=1S/C23H31NO4/c1-3-27-20-6-4-16(5-7-20)14-24(2)21(25)15-28-22(26)23-11-17-8-18(12-23)10-19(9-17)13-23/h4-7,17-19H,3,8-15H2,1-2H3. The molecule has 1 aromatic rings. The van der Waals surface area contributed by atoms with E-state index >= 15 is 0 Å². The number of carbonyl (C=O) groups excluding carboxylic acids is 2. The average molecular weight is 386 g/mol. The molecule has 0 unspecified atom stereocenters. The van der Waals surface area contributed by atoms with Gasteiger partial charge in [-0.25, -0.2) is 0 Å². The molecule has 5 rings (SSSR count).